The molecular formula is C11H12N2O. The Bertz CT molecular complexity index is 485. The molecule has 0 aliphatic heterocycles. The largest absolute Gasteiger partial charge is 0.355 e. The second kappa shape index (κ2) is 3.18. The van der Waals surface area contributed by atoms with Crippen LogP contribution in [-0.2, 0) is 7.05 Å². The van der Waals surface area contributed by atoms with Crippen molar-refractivity contribution in [2.24, 2.45) is 7.05 Å². The lowest BCUT2D eigenvalue weighted by molar-refractivity contribution is 0.0964. The van der Waals surface area contributed by atoms with Crippen LogP contribution in [0.2, 0.25) is 0 Å². The van der Waals surface area contributed by atoms with E-state index in [1.807, 2.05) is 42.1 Å². The van der Waals surface area contributed by atoms with Gasteiger partial charge < -0.3 is 9.88 Å². The fourth-order valence-electron chi connectivity index (χ4n) is 1.67. The highest BCUT2D eigenvalue weighted by molar-refractivity contribution is 6.05. The number of hydrogen-bond donors (Lipinski definition) is 1. The van der Waals surface area contributed by atoms with Gasteiger partial charge in [-0.15, -0.1) is 0 Å². The molecule has 0 radical (unpaired) electrons. The monoisotopic (exact) mass is 188 g/mol. The summed E-state index contributed by atoms with van der Waals surface area (Å²) in [6.45, 7) is 0. The molecule has 0 aliphatic carbocycles. The van der Waals surface area contributed by atoms with E-state index in [1.165, 1.54) is 0 Å². The predicted molar refractivity (Wildman–Crippen MR) is 56.3 cm³/mol. The van der Waals surface area contributed by atoms with Gasteiger partial charge in [0.15, 0.2) is 0 Å². The Kier molecular flexibility index (Phi) is 2.00. The molecule has 72 valence electrons. The Morgan fingerprint density at radius 1 is 1.36 bits per heavy atom. The molecule has 0 unspecified atom stereocenters. The molecule has 1 N–H and O–H groups in total. The lowest BCUT2D eigenvalue weighted by Gasteiger charge is -2.04. The van der Waals surface area contributed by atoms with Crippen LogP contribution in [0, 0.1) is 0 Å². The maximum Gasteiger partial charge on any atom is 0.253 e. The van der Waals surface area contributed by atoms with Gasteiger partial charge in [0.25, 0.3) is 5.91 Å². The fourth-order valence-corrected chi connectivity index (χ4v) is 1.67. The average Bonchev–Trinajstić information content (AvgIpc) is 2.59. The molecule has 2 aromatic rings. The molecule has 3 heteroatoms. The van der Waals surface area contributed by atoms with Crippen molar-refractivity contribution in [3.8, 4) is 0 Å². The van der Waals surface area contributed by atoms with Crippen LogP contribution >= 0.6 is 0 Å². The van der Waals surface area contributed by atoms with Gasteiger partial charge in [-0.25, -0.2) is 0 Å². The highest BCUT2D eigenvalue weighted by Gasteiger charge is 2.09. The SMILES string of the molecule is CNC(=O)c1cccc2ccn(C)c12. The number of fused-ring (bicyclic) bond motifs is 1. The molecule has 0 atom stereocenters. The molecule has 3 nitrogen and oxygen atoms in total. The number of para-hydroxylation sites is 1. The van der Waals surface area contributed by atoms with Crippen LogP contribution in [0.15, 0.2) is 30.5 Å². The smallest absolute Gasteiger partial charge is 0.253 e. The normalized spacial score (nSPS) is 10.4. The molecule has 14 heavy (non-hydrogen) atoms. The van der Waals surface area contributed by atoms with Gasteiger partial charge in [0.05, 0.1) is 11.1 Å². The third-order valence-electron chi connectivity index (χ3n) is 2.37. The first-order valence-electron chi connectivity index (χ1n) is 4.50. The molecule has 0 fully saturated rings. The summed E-state index contributed by atoms with van der Waals surface area (Å²) in [7, 11) is 3.58. The van der Waals surface area contributed by atoms with Gasteiger partial charge in [-0.2, -0.15) is 0 Å². The minimum absolute atomic E-state index is 0.0441. The summed E-state index contributed by atoms with van der Waals surface area (Å²) in [5.74, 6) is -0.0441. The molecule has 1 amide bonds. The zero-order valence-electron chi connectivity index (χ0n) is 8.24. The number of benzene rings is 1. The summed E-state index contributed by atoms with van der Waals surface area (Å²) >= 11 is 0. The van der Waals surface area contributed by atoms with Crippen LogP contribution in [0.4, 0.5) is 0 Å². The van der Waals surface area contributed by atoms with Crippen molar-refractivity contribution in [2.75, 3.05) is 7.05 Å². The lowest BCUT2D eigenvalue weighted by atomic mass is 10.1. The van der Waals surface area contributed by atoms with Crippen molar-refractivity contribution in [2.45, 2.75) is 0 Å². The third-order valence-corrected chi connectivity index (χ3v) is 2.37. The fraction of sp³-hybridized carbons (Fsp3) is 0.182. The van der Waals surface area contributed by atoms with Crippen LogP contribution in [0.25, 0.3) is 10.9 Å². The molecule has 2 rings (SSSR count). The van der Waals surface area contributed by atoms with Gasteiger partial charge in [0, 0.05) is 25.7 Å². The number of aromatic nitrogens is 1. The number of carbonyl (C=O) groups is 1. The van der Waals surface area contributed by atoms with Crippen LogP contribution in [0.5, 0.6) is 0 Å². The van der Waals surface area contributed by atoms with E-state index in [9.17, 15) is 4.79 Å². The number of rotatable bonds is 1. The standard InChI is InChI=1S/C11H12N2O/c1-12-11(14)9-5-3-4-8-6-7-13(2)10(8)9/h3-7H,1-2H3,(H,12,14). The second-order valence-corrected chi connectivity index (χ2v) is 3.25. The topological polar surface area (TPSA) is 34.0 Å². The van der Waals surface area contributed by atoms with Gasteiger partial charge >= 0.3 is 0 Å². The van der Waals surface area contributed by atoms with E-state index in [1.54, 1.807) is 7.05 Å². The third kappa shape index (κ3) is 1.18. The number of nitrogens with one attached hydrogen (secondary N) is 1. The van der Waals surface area contributed by atoms with E-state index in [-0.39, 0.29) is 5.91 Å². The van der Waals surface area contributed by atoms with Crippen LogP contribution in [-0.4, -0.2) is 17.5 Å². The maximum atomic E-state index is 11.6. The molecule has 1 heterocycles. The van der Waals surface area contributed by atoms with Gasteiger partial charge in [0.1, 0.15) is 0 Å². The van der Waals surface area contributed by atoms with E-state index in [2.05, 4.69) is 5.32 Å². The van der Waals surface area contributed by atoms with Crippen LogP contribution in [0.3, 0.4) is 0 Å². The van der Waals surface area contributed by atoms with Gasteiger partial charge in [-0.05, 0) is 12.1 Å². The van der Waals surface area contributed by atoms with Crippen LogP contribution in [0.1, 0.15) is 10.4 Å². The first-order valence-corrected chi connectivity index (χ1v) is 4.50. The highest BCUT2D eigenvalue weighted by Crippen LogP contribution is 2.18. The number of nitrogens with zero attached hydrogens (tertiary/aromatic N) is 1. The molecule has 0 bridgehead atoms. The molecule has 0 spiro atoms. The summed E-state index contributed by atoms with van der Waals surface area (Å²) in [6.07, 6.45) is 1.96. The van der Waals surface area contributed by atoms with E-state index in [0.717, 1.165) is 16.5 Å². The molecule has 1 aromatic heterocycles. The summed E-state index contributed by atoms with van der Waals surface area (Å²) < 4.78 is 1.96. The van der Waals surface area contributed by atoms with Crippen molar-refractivity contribution >= 4 is 16.8 Å². The summed E-state index contributed by atoms with van der Waals surface area (Å²) in [4.78, 5) is 11.6. The molecule has 1 aromatic carbocycles. The van der Waals surface area contributed by atoms with Crippen molar-refractivity contribution in [3.63, 3.8) is 0 Å². The second-order valence-electron chi connectivity index (χ2n) is 3.25. The molecular weight excluding hydrogens is 176 g/mol. The van der Waals surface area contributed by atoms with E-state index in [0.29, 0.717) is 0 Å². The Morgan fingerprint density at radius 2 is 2.14 bits per heavy atom. The van der Waals surface area contributed by atoms with Crippen molar-refractivity contribution in [1.82, 2.24) is 9.88 Å². The van der Waals surface area contributed by atoms with Gasteiger partial charge in [0.2, 0.25) is 0 Å². The van der Waals surface area contributed by atoms with Gasteiger partial charge in [-0.3, -0.25) is 4.79 Å². The first-order chi connectivity index (χ1) is 6.74. The van der Waals surface area contributed by atoms with E-state index in [4.69, 9.17) is 0 Å². The van der Waals surface area contributed by atoms with Gasteiger partial charge in [-0.1, -0.05) is 12.1 Å². The average molecular weight is 188 g/mol. The lowest BCUT2D eigenvalue weighted by Crippen LogP contribution is -2.18. The summed E-state index contributed by atoms with van der Waals surface area (Å²) in [5.41, 5.74) is 1.70. The zero-order chi connectivity index (χ0) is 10.1. The van der Waals surface area contributed by atoms with Crippen molar-refractivity contribution in [3.05, 3.63) is 36.0 Å². The predicted octanol–water partition coefficient (Wildman–Crippen LogP) is 1.54. The Balaban J connectivity index is 2.75. The Hall–Kier alpha value is -1.77. The number of aryl methyl sites for hydroxylation is 1. The van der Waals surface area contributed by atoms with Crippen molar-refractivity contribution < 1.29 is 4.79 Å². The number of amides is 1. The molecule has 0 saturated heterocycles. The Morgan fingerprint density at radius 3 is 2.86 bits per heavy atom. The quantitative estimate of drug-likeness (QED) is 0.723. The minimum atomic E-state index is -0.0441. The first kappa shape index (κ1) is 8.81. The van der Waals surface area contributed by atoms with E-state index >= 15 is 0 Å². The highest BCUT2D eigenvalue weighted by atomic mass is 16.1. The molecule has 0 saturated carbocycles. The number of carbonyl (C=O) groups excluding carboxylic acids is 1. The minimum Gasteiger partial charge on any atom is -0.355 e. The molecule has 0 aliphatic rings. The Labute approximate surface area is 82.3 Å². The summed E-state index contributed by atoms with van der Waals surface area (Å²) in [6, 6.07) is 7.73. The summed E-state index contributed by atoms with van der Waals surface area (Å²) in [5, 5.41) is 3.73. The van der Waals surface area contributed by atoms with Crippen molar-refractivity contribution in [1.29, 1.82) is 0 Å². The maximum absolute atomic E-state index is 11.6. The number of hydrogen-bond acceptors (Lipinski definition) is 1. The zero-order valence-corrected chi connectivity index (χ0v) is 8.24. The van der Waals surface area contributed by atoms with E-state index < -0.39 is 0 Å². The van der Waals surface area contributed by atoms with Crippen LogP contribution < -0.4 is 5.32 Å².